The van der Waals surface area contributed by atoms with Crippen LogP contribution in [0.1, 0.15) is 25.7 Å². The largest absolute Gasteiger partial charge is 0.463 e. The van der Waals surface area contributed by atoms with Crippen LogP contribution >= 0.6 is 0 Å². The molecule has 0 aromatic carbocycles. The first-order chi connectivity index (χ1) is 6.45. The predicted molar refractivity (Wildman–Crippen MR) is 49.5 cm³/mol. The third-order valence-corrected chi connectivity index (χ3v) is 2.46. The maximum Gasteiger partial charge on any atom is 0.316 e. The molecule has 0 bridgehead atoms. The fraction of sp³-hybridized carbons (Fsp3) is 0.600. The molecule has 1 aliphatic rings. The zero-order chi connectivity index (χ0) is 8.93. The predicted octanol–water partition coefficient (Wildman–Crippen LogP) is 2.05. The van der Waals surface area contributed by atoms with Crippen LogP contribution in [0.25, 0.3) is 0 Å². The Balaban J connectivity index is 1.79. The van der Waals surface area contributed by atoms with Gasteiger partial charge in [0.2, 0.25) is 0 Å². The maximum absolute atomic E-state index is 5.47. The van der Waals surface area contributed by atoms with Gasteiger partial charge in [0.25, 0.3) is 0 Å². The fourth-order valence-electron chi connectivity index (χ4n) is 1.73. The summed E-state index contributed by atoms with van der Waals surface area (Å²) in [4.78, 5) is 8.01. The molecule has 1 aromatic rings. The van der Waals surface area contributed by atoms with E-state index in [-0.39, 0.29) is 0 Å². The molecule has 1 aromatic heterocycles. The molecule has 2 rings (SSSR count). The summed E-state index contributed by atoms with van der Waals surface area (Å²) in [5.41, 5.74) is 0. The van der Waals surface area contributed by atoms with Crippen molar-refractivity contribution in [2.75, 3.05) is 6.61 Å². The molecule has 1 saturated carbocycles. The van der Waals surface area contributed by atoms with E-state index in [1.807, 2.05) is 0 Å². The number of hydrogen-bond donors (Lipinski definition) is 0. The molecular weight excluding hydrogens is 164 g/mol. The third kappa shape index (κ3) is 2.41. The van der Waals surface area contributed by atoms with Gasteiger partial charge in [0, 0.05) is 12.4 Å². The second-order valence-electron chi connectivity index (χ2n) is 3.49. The number of nitrogens with zero attached hydrogens (tertiary/aromatic N) is 2. The standard InChI is InChI=1S/C10H14N2O/c1-2-5-9(4-1)8-13-10-11-6-3-7-12-10/h3,6-7,9H,1-2,4-5,8H2. The lowest BCUT2D eigenvalue weighted by Gasteiger charge is -2.08. The van der Waals surface area contributed by atoms with Crippen molar-refractivity contribution < 1.29 is 4.74 Å². The summed E-state index contributed by atoms with van der Waals surface area (Å²) in [6.07, 6.45) is 8.71. The minimum Gasteiger partial charge on any atom is -0.463 e. The second-order valence-corrected chi connectivity index (χ2v) is 3.49. The average Bonchev–Trinajstić information content (AvgIpc) is 2.69. The molecule has 3 nitrogen and oxygen atoms in total. The summed E-state index contributed by atoms with van der Waals surface area (Å²) < 4.78 is 5.47. The van der Waals surface area contributed by atoms with Gasteiger partial charge in [-0.25, -0.2) is 9.97 Å². The lowest BCUT2D eigenvalue weighted by molar-refractivity contribution is 0.234. The number of ether oxygens (including phenoxy) is 1. The van der Waals surface area contributed by atoms with Crippen molar-refractivity contribution in [1.82, 2.24) is 9.97 Å². The molecule has 3 heteroatoms. The minimum atomic E-state index is 0.509. The van der Waals surface area contributed by atoms with Crippen LogP contribution < -0.4 is 4.74 Å². The van der Waals surface area contributed by atoms with Crippen molar-refractivity contribution in [3.05, 3.63) is 18.5 Å². The summed E-state index contributed by atoms with van der Waals surface area (Å²) in [6.45, 7) is 0.782. The van der Waals surface area contributed by atoms with Gasteiger partial charge in [-0.1, -0.05) is 12.8 Å². The summed E-state index contributed by atoms with van der Waals surface area (Å²) >= 11 is 0. The molecule has 1 fully saturated rings. The van der Waals surface area contributed by atoms with Crippen molar-refractivity contribution in [2.24, 2.45) is 5.92 Å². The molecule has 0 atom stereocenters. The van der Waals surface area contributed by atoms with Crippen LogP contribution in [-0.2, 0) is 0 Å². The molecule has 0 amide bonds. The Bertz CT molecular complexity index is 244. The molecular formula is C10H14N2O. The molecule has 0 N–H and O–H groups in total. The molecule has 13 heavy (non-hydrogen) atoms. The summed E-state index contributed by atoms with van der Waals surface area (Å²) in [5.74, 6) is 0.726. The second kappa shape index (κ2) is 4.21. The first-order valence-corrected chi connectivity index (χ1v) is 4.85. The zero-order valence-corrected chi connectivity index (χ0v) is 7.65. The van der Waals surface area contributed by atoms with Crippen molar-refractivity contribution in [2.45, 2.75) is 25.7 Å². The van der Waals surface area contributed by atoms with Crippen LogP contribution in [0, 0.1) is 5.92 Å². The minimum absolute atomic E-state index is 0.509. The van der Waals surface area contributed by atoms with Crippen molar-refractivity contribution in [1.29, 1.82) is 0 Å². The van der Waals surface area contributed by atoms with Gasteiger partial charge in [-0.3, -0.25) is 0 Å². The topological polar surface area (TPSA) is 35.0 Å². The van der Waals surface area contributed by atoms with Gasteiger partial charge in [0.1, 0.15) is 0 Å². The number of aromatic nitrogens is 2. The Morgan fingerprint density at radius 2 is 1.92 bits per heavy atom. The van der Waals surface area contributed by atoms with E-state index in [9.17, 15) is 0 Å². The van der Waals surface area contributed by atoms with Crippen LogP contribution in [0.2, 0.25) is 0 Å². The Labute approximate surface area is 78.2 Å². The quantitative estimate of drug-likeness (QED) is 0.710. The highest BCUT2D eigenvalue weighted by molar-refractivity contribution is 4.93. The molecule has 1 heterocycles. The van der Waals surface area contributed by atoms with Crippen LogP contribution in [0.15, 0.2) is 18.5 Å². The van der Waals surface area contributed by atoms with Crippen molar-refractivity contribution in [3.8, 4) is 6.01 Å². The monoisotopic (exact) mass is 178 g/mol. The average molecular weight is 178 g/mol. The van der Waals surface area contributed by atoms with Gasteiger partial charge in [0.05, 0.1) is 6.61 Å². The van der Waals surface area contributed by atoms with Crippen molar-refractivity contribution in [3.63, 3.8) is 0 Å². The molecule has 0 aliphatic heterocycles. The first kappa shape index (κ1) is 8.48. The Hall–Kier alpha value is -1.12. The van der Waals surface area contributed by atoms with E-state index in [1.165, 1.54) is 25.7 Å². The van der Waals surface area contributed by atoms with Gasteiger partial charge in [-0.15, -0.1) is 0 Å². The van der Waals surface area contributed by atoms with E-state index in [0.29, 0.717) is 6.01 Å². The Morgan fingerprint density at radius 1 is 1.23 bits per heavy atom. The van der Waals surface area contributed by atoms with Crippen LogP contribution in [0.5, 0.6) is 6.01 Å². The first-order valence-electron chi connectivity index (χ1n) is 4.85. The van der Waals surface area contributed by atoms with E-state index in [1.54, 1.807) is 18.5 Å². The Kier molecular flexibility index (Phi) is 2.75. The van der Waals surface area contributed by atoms with Crippen molar-refractivity contribution >= 4 is 0 Å². The molecule has 0 saturated heterocycles. The lowest BCUT2D eigenvalue weighted by Crippen LogP contribution is -2.09. The molecule has 0 radical (unpaired) electrons. The van der Waals surface area contributed by atoms with Gasteiger partial charge in [0.15, 0.2) is 0 Å². The third-order valence-electron chi connectivity index (χ3n) is 2.46. The Morgan fingerprint density at radius 3 is 2.62 bits per heavy atom. The summed E-state index contributed by atoms with van der Waals surface area (Å²) in [6, 6.07) is 2.30. The number of hydrogen-bond acceptors (Lipinski definition) is 3. The highest BCUT2D eigenvalue weighted by Gasteiger charge is 2.15. The molecule has 1 aliphatic carbocycles. The van der Waals surface area contributed by atoms with Gasteiger partial charge < -0.3 is 4.74 Å². The highest BCUT2D eigenvalue weighted by Crippen LogP contribution is 2.24. The smallest absolute Gasteiger partial charge is 0.316 e. The summed E-state index contributed by atoms with van der Waals surface area (Å²) in [5, 5.41) is 0. The van der Waals surface area contributed by atoms with Gasteiger partial charge >= 0.3 is 6.01 Å². The zero-order valence-electron chi connectivity index (χ0n) is 7.65. The fourth-order valence-corrected chi connectivity index (χ4v) is 1.73. The van der Waals surface area contributed by atoms with E-state index in [4.69, 9.17) is 4.74 Å². The number of rotatable bonds is 3. The maximum atomic E-state index is 5.47. The van der Waals surface area contributed by atoms with E-state index in [2.05, 4.69) is 9.97 Å². The molecule has 0 unspecified atom stereocenters. The van der Waals surface area contributed by atoms with Crippen LogP contribution in [0.4, 0.5) is 0 Å². The normalized spacial score (nSPS) is 17.5. The SMILES string of the molecule is c1cnc(OCC2CCCC2)nc1. The van der Waals surface area contributed by atoms with E-state index < -0.39 is 0 Å². The van der Waals surface area contributed by atoms with E-state index in [0.717, 1.165) is 12.5 Å². The van der Waals surface area contributed by atoms with Gasteiger partial charge in [-0.05, 0) is 24.8 Å². The lowest BCUT2D eigenvalue weighted by atomic mass is 10.1. The van der Waals surface area contributed by atoms with Crippen LogP contribution in [0.3, 0.4) is 0 Å². The molecule has 70 valence electrons. The molecule has 0 spiro atoms. The van der Waals surface area contributed by atoms with E-state index >= 15 is 0 Å². The highest BCUT2D eigenvalue weighted by atomic mass is 16.5. The van der Waals surface area contributed by atoms with Gasteiger partial charge in [-0.2, -0.15) is 0 Å². The van der Waals surface area contributed by atoms with Crippen LogP contribution in [-0.4, -0.2) is 16.6 Å². The summed E-state index contributed by atoms with van der Waals surface area (Å²) in [7, 11) is 0.